The maximum atomic E-state index is 4.35. The maximum Gasteiger partial charge on any atom is 0.231 e. The van der Waals surface area contributed by atoms with Gasteiger partial charge in [-0.15, -0.1) is 0 Å². The van der Waals surface area contributed by atoms with Gasteiger partial charge in [0.1, 0.15) is 0 Å². The summed E-state index contributed by atoms with van der Waals surface area (Å²) in [7, 11) is 7.51. The molecule has 0 aliphatic rings. The van der Waals surface area contributed by atoms with Gasteiger partial charge < -0.3 is 15.5 Å². The quantitative estimate of drug-likeness (QED) is 0.788. The lowest BCUT2D eigenvalue weighted by Gasteiger charge is -2.13. The topological polar surface area (TPSA) is 83.8 Å². The predicted molar refractivity (Wildman–Crippen MR) is 79.1 cm³/mol. The van der Waals surface area contributed by atoms with Gasteiger partial charge in [-0.3, -0.25) is 4.68 Å². The van der Waals surface area contributed by atoms with Crippen molar-refractivity contribution < 1.29 is 0 Å². The van der Waals surface area contributed by atoms with Gasteiger partial charge in [0.15, 0.2) is 0 Å². The minimum Gasteiger partial charge on any atom is -0.357 e. The van der Waals surface area contributed by atoms with E-state index in [0.717, 1.165) is 18.7 Å². The largest absolute Gasteiger partial charge is 0.357 e. The zero-order chi connectivity index (χ0) is 14.5. The van der Waals surface area contributed by atoms with Gasteiger partial charge in [-0.05, 0) is 6.07 Å². The summed E-state index contributed by atoms with van der Waals surface area (Å²) in [6.07, 6.45) is 2.65. The van der Waals surface area contributed by atoms with Crippen LogP contribution in [-0.2, 0) is 13.5 Å². The van der Waals surface area contributed by atoms with Crippen LogP contribution in [0.25, 0.3) is 0 Å². The molecule has 8 nitrogen and oxygen atoms in total. The Bertz CT molecular complexity index is 562. The Kier molecular flexibility index (Phi) is 4.34. The number of hydrogen-bond acceptors (Lipinski definition) is 7. The molecule has 0 aromatic carbocycles. The Morgan fingerprint density at radius 1 is 1.20 bits per heavy atom. The van der Waals surface area contributed by atoms with Crippen LogP contribution < -0.4 is 15.5 Å². The van der Waals surface area contributed by atoms with Crippen molar-refractivity contribution in [3.05, 3.63) is 18.0 Å². The fraction of sp³-hybridized carbons (Fsp3) is 0.500. The van der Waals surface area contributed by atoms with Gasteiger partial charge in [-0.2, -0.15) is 20.1 Å². The number of hydrogen-bond donors (Lipinski definition) is 2. The van der Waals surface area contributed by atoms with E-state index in [1.807, 2.05) is 36.8 Å². The average molecular weight is 276 g/mol. The molecule has 2 aromatic rings. The van der Waals surface area contributed by atoms with Crippen LogP contribution in [0.2, 0.25) is 0 Å². The molecule has 0 aliphatic carbocycles. The Morgan fingerprint density at radius 3 is 2.55 bits per heavy atom. The van der Waals surface area contributed by atoms with Crippen LogP contribution >= 0.6 is 0 Å². The number of anilines is 3. The second kappa shape index (κ2) is 6.18. The summed E-state index contributed by atoms with van der Waals surface area (Å²) >= 11 is 0. The van der Waals surface area contributed by atoms with Gasteiger partial charge in [0.2, 0.25) is 17.8 Å². The first-order valence-electron chi connectivity index (χ1n) is 6.42. The summed E-state index contributed by atoms with van der Waals surface area (Å²) in [6.45, 7) is 0.736. The summed E-state index contributed by atoms with van der Waals surface area (Å²) in [5, 5.41) is 10.3. The molecule has 0 spiro atoms. The molecular formula is C12H20N8. The van der Waals surface area contributed by atoms with Crippen LogP contribution in [0.1, 0.15) is 5.69 Å². The zero-order valence-corrected chi connectivity index (χ0v) is 12.3. The van der Waals surface area contributed by atoms with E-state index in [0.29, 0.717) is 17.8 Å². The molecule has 0 atom stereocenters. The van der Waals surface area contributed by atoms with Crippen LogP contribution in [0.3, 0.4) is 0 Å². The Balaban J connectivity index is 2.01. The van der Waals surface area contributed by atoms with Gasteiger partial charge in [0.05, 0.1) is 0 Å². The fourth-order valence-corrected chi connectivity index (χ4v) is 1.70. The first-order chi connectivity index (χ1) is 9.60. The summed E-state index contributed by atoms with van der Waals surface area (Å²) in [5.41, 5.74) is 1.16. The van der Waals surface area contributed by atoms with Crippen molar-refractivity contribution >= 4 is 17.8 Å². The van der Waals surface area contributed by atoms with Crippen molar-refractivity contribution in [1.82, 2.24) is 24.7 Å². The molecule has 20 heavy (non-hydrogen) atoms. The second-order valence-corrected chi connectivity index (χ2v) is 4.55. The van der Waals surface area contributed by atoms with Crippen molar-refractivity contribution in [2.75, 3.05) is 43.2 Å². The number of aryl methyl sites for hydroxylation is 1. The van der Waals surface area contributed by atoms with Crippen molar-refractivity contribution in [2.24, 2.45) is 7.05 Å². The molecule has 0 fully saturated rings. The van der Waals surface area contributed by atoms with Gasteiger partial charge in [-0.25, -0.2) is 0 Å². The molecule has 8 heteroatoms. The number of nitrogens with one attached hydrogen (secondary N) is 2. The highest BCUT2D eigenvalue weighted by molar-refractivity contribution is 5.42. The molecule has 0 aliphatic heterocycles. The zero-order valence-electron chi connectivity index (χ0n) is 12.3. The fourth-order valence-electron chi connectivity index (χ4n) is 1.70. The highest BCUT2D eigenvalue weighted by atomic mass is 15.3. The van der Waals surface area contributed by atoms with Crippen LogP contribution in [0, 0.1) is 0 Å². The third kappa shape index (κ3) is 3.34. The van der Waals surface area contributed by atoms with E-state index in [4.69, 9.17) is 0 Å². The second-order valence-electron chi connectivity index (χ2n) is 4.55. The first kappa shape index (κ1) is 14.0. The molecule has 0 saturated heterocycles. The predicted octanol–water partition coefficient (Wildman–Crippen LogP) is 0.367. The van der Waals surface area contributed by atoms with Gasteiger partial charge in [-0.1, -0.05) is 0 Å². The molecule has 0 unspecified atom stereocenters. The third-order valence-electron chi connectivity index (χ3n) is 2.83. The van der Waals surface area contributed by atoms with Crippen molar-refractivity contribution in [3.8, 4) is 0 Å². The summed E-state index contributed by atoms with van der Waals surface area (Å²) < 4.78 is 1.86. The molecular weight excluding hydrogens is 256 g/mol. The van der Waals surface area contributed by atoms with Gasteiger partial charge in [0, 0.05) is 53.0 Å². The SMILES string of the molecule is CNc1nc(NCCc2ccnn2C)nc(N(C)C)n1. The normalized spacial score (nSPS) is 10.4. The third-order valence-corrected chi connectivity index (χ3v) is 2.83. The van der Waals surface area contributed by atoms with E-state index in [1.165, 1.54) is 0 Å². The number of nitrogens with zero attached hydrogens (tertiary/aromatic N) is 6. The highest BCUT2D eigenvalue weighted by Gasteiger charge is 2.07. The molecule has 2 rings (SSSR count). The summed E-state index contributed by atoms with van der Waals surface area (Å²) in [4.78, 5) is 14.7. The molecule has 0 saturated carbocycles. The smallest absolute Gasteiger partial charge is 0.231 e. The monoisotopic (exact) mass is 276 g/mol. The lowest BCUT2D eigenvalue weighted by Crippen LogP contribution is -2.17. The molecule has 0 bridgehead atoms. The van der Waals surface area contributed by atoms with Gasteiger partial charge >= 0.3 is 0 Å². The summed E-state index contributed by atoms with van der Waals surface area (Å²) in [5.74, 6) is 1.73. The number of rotatable bonds is 6. The average Bonchev–Trinajstić information content (AvgIpc) is 2.84. The van der Waals surface area contributed by atoms with E-state index in [2.05, 4.69) is 30.7 Å². The molecule has 2 heterocycles. The first-order valence-corrected chi connectivity index (χ1v) is 6.42. The van der Waals surface area contributed by atoms with Crippen molar-refractivity contribution in [2.45, 2.75) is 6.42 Å². The minimum absolute atomic E-state index is 0.548. The van der Waals surface area contributed by atoms with Crippen LogP contribution in [0.5, 0.6) is 0 Å². The standard InChI is InChI=1S/C12H20N8/c1-13-10-16-11(18-12(17-10)19(2)3)14-7-5-9-6-8-15-20(9)4/h6,8H,5,7H2,1-4H3,(H2,13,14,16,17,18). The van der Waals surface area contributed by atoms with Crippen molar-refractivity contribution in [1.29, 1.82) is 0 Å². The van der Waals surface area contributed by atoms with Crippen LogP contribution in [0.15, 0.2) is 12.3 Å². The van der Waals surface area contributed by atoms with E-state index in [-0.39, 0.29) is 0 Å². The lowest BCUT2D eigenvalue weighted by molar-refractivity contribution is 0.710. The highest BCUT2D eigenvalue weighted by Crippen LogP contribution is 2.10. The van der Waals surface area contributed by atoms with Crippen molar-refractivity contribution in [3.63, 3.8) is 0 Å². The van der Waals surface area contributed by atoms with E-state index < -0.39 is 0 Å². The Hall–Kier alpha value is -2.38. The molecule has 108 valence electrons. The van der Waals surface area contributed by atoms with Crippen LogP contribution in [-0.4, -0.2) is 52.4 Å². The van der Waals surface area contributed by atoms with Crippen LogP contribution in [0.4, 0.5) is 17.8 Å². The molecule has 0 radical (unpaired) electrons. The summed E-state index contributed by atoms with van der Waals surface area (Å²) in [6, 6.07) is 2.00. The minimum atomic E-state index is 0.548. The van der Waals surface area contributed by atoms with E-state index in [1.54, 1.807) is 13.2 Å². The Labute approximate surface area is 118 Å². The lowest BCUT2D eigenvalue weighted by atomic mass is 10.3. The molecule has 2 N–H and O–H groups in total. The molecule has 2 aromatic heterocycles. The van der Waals surface area contributed by atoms with E-state index in [9.17, 15) is 0 Å². The number of aromatic nitrogens is 5. The van der Waals surface area contributed by atoms with E-state index >= 15 is 0 Å². The Morgan fingerprint density at radius 2 is 1.95 bits per heavy atom. The molecule has 0 amide bonds. The van der Waals surface area contributed by atoms with Gasteiger partial charge in [0.25, 0.3) is 0 Å². The maximum absolute atomic E-state index is 4.35.